The zero-order valence-corrected chi connectivity index (χ0v) is 15.3. The van der Waals surface area contributed by atoms with E-state index < -0.39 is 10.0 Å². The van der Waals surface area contributed by atoms with Crippen LogP contribution in [-0.2, 0) is 10.0 Å². The van der Waals surface area contributed by atoms with Gasteiger partial charge in [0, 0.05) is 36.2 Å². The van der Waals surface area contributed by atoms with E-state index in [4.69, 9.17) is 0 Å². The third-order valence-corrected chi connectivity index (χ3v) is 6.44. The summed E-state index contributed by atoms with van der Waals surface area (Å²) < 4.78 is 27.6. The van der Waals surface area contributed by atoms with Crippen LogP contribution in [0, 0.1) is 0 Å². The van der Waals surface area contributed by atoms with Crippen molar-refractivity contribution in [3.8, 4) is 0 Å². The molecule has 0 aromatic heterocycles. The third-order valence-electron chi connectivity index (χ3n) is 4.00. The summed E-state index contributed by atoms with van der Waals surface area (Å²) in [6.45, 7) is 1.39. The van der Waals surface area contributed by atoms with E-state index in [9.17, 15) is 13.2 Å². The van der Waals surface area contributed by atoms with Crippen LogP contribution in [-0.4, -0.2) is 49.7 Å². The molecule has 1 aliphatic rings. The highest BCUT2D eigenvalue weighted by Gasteiger charge is 2.30. The van der Waals surface area contributed by atoms with Crippen LogP contribution in [0.25, 0.3) is 0 Å². The molecule has 7 heteroatoms. The molecule has 1 fully saturated rings. The molecule has 3 rings (SSSR count). The molecule has 0 spiro atoms. The quantitative estimate of drug-likeness (QED) is 0.783. The van der Waals surface area contributed by atoms with E-state index in [1.165, 1.54) is 4.31 Å². The Labute approximate surface area is 150 Å². The molecule has 126 valence electrons. The fourth-order valence-corrected chi connectivity index (χ4v) is 4.34. The molecule has 0 saturated carbocycles. The summed E-state index contributed by atoms with van der Waals surface area (Å²) in [7, 11) is -3.52. The molecular weight excluding hydrogens is 392 g/mol. The molecule has 2 aromatic rings. The van der Waals surface area contributed by atoms with Gasteiger partial charge in [0.25, 0.3) is 5.91 Å². The second-order valence-electron chi connectivity index (χ2n) is 5.52. The summed E-state index contributed by atoms with van der Waals surface area (Å²) in [5.74, 6) is -0.0590. The molecule has 1 amide bonds. The van der Waals surface area contributed by atoms with Crippen LogP contribution >= 0.6 is 15.9 Å². The average molecular weight is 409 g/mol. The summed E-state index contributed by atoms with van der Waals surface area (Å²) in [5, 5.41) is 0. The Hall–Kier alpha value is -1.70. The van der Waals surface area contributed by atoms with Crippen molar-refractivity contribution in [2.45, 2.75) is 4.90 Å². The van der Waals surface area contributed by atoms with Crippen LogP contribution in [0.15, 0.2) is 64.0 Å². The first kappa shape index (κ1) is 17.1. The summed E-state index contributed by atoms with van der Waals surface area (Å²) in [4.78, 5) is 14.4. The first-order valence-corrected chi connectivity index (χ1v) is 9.82. The van der Waals surface area contributed by atoms with E-state index in [0.29, 0.717) is 31.7 Å². The molecule has 0 unspecified atom stereocenters. The first-order valence-electron chi connectivity index (χ1n) is 7.58. The number of carbonyl (C=O) groups excluding carboxylic acids is 1. The Morgan fingerprint density at radius 1 is 0.875 bits per heavy atom. The monoisotopic (exact) mass is 408 g/mol. The van der Waals surface area contributed by atoms with Gasteiger partial charge in [-0.2, -0.15) is 4.31 Å². The van der Waals surface area contributed by atoms with Crippen LogP contribution in [0.5, 0.6) is 0 Å². The van der Waals surface area contributed by atoms with Gasteiger partial charge in [0.15, 0.2) is 0 Å². The predicted molar refractivity (Wildman–Crippen MR) is 95.2 cm³/mol. The highest BCUT2D eigenvalue weighted by atomic mass is 79.9. The molecule has 0 atom stereocenters. The van der Waals surface area contributed by atoms with Crippen molar-refractivity contribution in [1.29, 1.82) is 0 Å². The smallest absolute Gasteiger partial charge is 0.253 e. The fraction of sp³-hybridized carbons (Fsp3) is 0.235. The molecule has 0 N–H and O–H groups in total. The van der Waals surface area contributed by atoms with Crippen molar-refractivity contribution >= 4 is 31.9 Å². The number of halogens is 1. The van der Waals surface area contributed by atoms with E-state index in [1.54, 1.807) is 41.3 Å². The van der Waals surface area contributed by atoms with Crippen molar-refractivity contribution in [3.63, 3.8) is 0 Å². The Bertz CT molecular complexity index is 815. The number of sulfonamides is 1. The largest absolute Gasteiger partial charge is 0.336 e. The number of piperazine rings is 1. The van der Waals surface area contributed by atoms with E-state index >= 15 is 0 Å². The average Bonchev–Trinajstić information content (AvgIpc) is 2.62. The van der Waals surface area contributed by atoms with Gasteiger partial charge < -0.3 is 4.90 Å². The fourth-order valence-electron chi connectivity index (χ4n) is 2.65. The number of carbonyl (C=O) groups is 1. The van der Waals surface area contributed by atoms with Gasteiger partial charge in [0.2, 0.25) is 10.0 Å². The lowest BCUT2D eigenvalue weighted by Crippen LogP contribution is -2.50. The van der Waals surface area contributed by atoms with Gasteiger partial charge in [-0.05, 0) is 36.4 Å². The molecule has 0 bridgehead atoms. The van der Waals surface area contributed by atoms with Gasteiger partial charge in [-0.3, -0.25) is 4.79 Å². The highest BCUT2D eigenvalue weighted by Crippen LogP contribution is 2.20. The van der Waals surface area contributed by atoms with Crippen molar-refractivity contribution in [2.75, 3.05) is 26.2 Å². The summed E-state index contributed by atoms with van der Waals surface area (Å²) in [5.41, 5.74) is 0.627. The lowest BCUT2D eigenvalue weighted by Gasteiger charge is -2.34. The topological polar surface area (TPSA) is 57.7 Å². The van der Waals surface area contributed by atoms with Crippen molar-refractivity contribution in [2.24, 2.45) is 0 Å². The van der Waals surface area contributed by atoms with E-state index in [1.807, 2.05) is 18.2 Å². The maximum absolute atomic E-state index is 12.7. The predicted octanol–water partition coefficient (Wildman–Crippen LogP) is 2.60. The normalized spacial score (nSPS) is 16.1. The maximum Gasteiger partial charge on any atom is 0.253 e. The van der Waals surface area contributed by atoms with E-state index in [0.717, 1.165) is 4.47 Å². The van der Waals surface area contributed by atoms with Crippen molar-refractivity contribution in [3.05, 3.63) is 64.6 Å². The molecule has 0 radical (unpaired) electrons. The van der Waals surface area contributed by atoms with Gasteiger partial charge in [-0.1, -0.05) is 34.1 Å². The molecule has 24 heavy (non-hydrogen) atoms. The van der Waals surface area contributed by atoms with Crippen molar-refractivity contribution < 1.29 is 13.2 Å². The number of hydrogen-bond donors (Lipinski definition) is 0. The third kappa shape index (κ3) is 3.53. The Morgan fingerprint density at radius 3 is 2.04 bits per heavy atom. The number of benzene rings is 2. The van der Waals surface area contributed by atoms with Crippen LogP contribution in [0.2, 0.25) is 0 Å². The SMILES string of the molecule is O=C(c1ccccc1)N1CCN(S(=O)(=O)c2ccc(Br)cc2)CC1. The Kier molecular flexibility index (Phi) is 5.03. The van der Waals surface area contributed by atoms with Gasteiger partial charge in [0.05, 0.1) is 4.90 Å². The standard InChI is InChI=1S/C17H17BrN2O3S/c18-15-6-8-16(9-7-15)24(22,23)20-12-10-19(11-13-20)17(21)14-4-2-1-3-5-14/h1-9H,10-13H2. The molecule has 5 nitrogen and oxygen atoms in total. The van der Waals surface area contributed by atoms with Crippen LogP contribution < -0.4 is 0 Å². The number of hydrogen-bond acceptors (Lipinski definition) is 3. The number of amides is 1. The molecule has 1 heterocycles. The van der Waals surface area contributed by atoms with Gasteiger partial charge in [-0.25, -0.2) is 8.42 Å². The van der Waals surface area contributed by atoms with Crippen LogP contribution in [0.3, 0.4) is 0 Å². The molecular formula is C17H17BrN2O3S. The van der Waals surface area contributed by atoms with Crippen molar-refractivity contribution in [1.82, 2.24) is 9.21 Å². The summed E-state index contributed by atoms with van der Waals surface area (Å²) in [6.07, 6.45) is 0. The molecule has 0 aliphatic carbocycles. The minimum Gasteiger partial charge on any atom is -0.336 e. The number of nitrogens with zero attached hydrogens (tertiary/aromatic N) is 2. The van der Waals surface area contributed by atoms with Gasteiger partial charge in [-0.15, -0.1) is 0 Å². The maximum atomic E-state index is 12.7. The van der Waals surface area contributed by atoms with Gasteiger partial charge >= 0.3 is 0 Å². The lowest BCUT2D eigenvalue weighted by atomic mass is 10.2. The molecule has 1 aliphatic heterocycles. The first-order chi connectivity index (χ1) is 11.5. The van der Waals surface area contributed by atoms with Gasteiger partial charge in [0.1, 0.15) is 0 Å². The van der Waals surface area contributed by atoms with Crippen LogP contribution in [0.4, 0.5) is 0 Å². The number of rotatable bonds is 3. The summed E-state index contributed by atoms with van der Waals surface area (Å²) >= 11 is 3.30. The molecule has 2 aromatic carbocycles. The van der Waals surface area contributed by atoms with Crippen LogP contribution in [0.1, 0.15) is 10.4 Å². The second-order valence-corrected chi connectivity index (χ2v) is 8.37. The minimum atomic E-state index is -3.52. The zero-order chi connectivity index (χ0) is 17.2. The minimum absolute atomic E-state index is 0.0590. The Morgan fingerprint density at radius 2 is 1.46 bits per heavy atom. The van der Waals surface area contributed by atoms with E-state index in [-0.39, 0.29) is 10.8 Å². The Balaban J connectivity index is 1.68. The highest BCUT2D eigenvalue weighted by molar-refractivity contribution is 9.10. The second kappa shape index (κ2) is 7.04. The summed E-state index contributed by atoms with van der Waals surface area (Å²) in [6, 6.07) is 15.6. The molecule has 1 saturated heterocycles. The van der Waals surface area contributed by atoms with E-state index in [2.05, 4.69) is 15.9 Å². The zero-order valence-electron chi connectivity index (χ0n) is 12.9. The lowest BCUT2D eigenvalue weighted by molar-refractivity contribution is 0.0698.